The van der Waals surface area contributed by atoms with Crippen LogP contribution in [0.15, 0.2) is 18.2 Å². The van der Waals surface area contributed by atoms with Crippen molar-refractivity contribution in [3.63, 3.8) is 0 Å². The highest BCUT2D eigenvalue weighted by atomic mass is 35.5. The van der Waals surface area contributed by atoms with E-state index in [0.29, 0.717) is 12.1 Å². The Morgan fingerprint density at radius 2 is 2.24 bits per heavy atom. The average molecular weight is 253 g/mol. The van der Waals surface area contributed by atoms with Crippen LogP contribution in [0.3, 0.4) is 0 Å². The summed E-state index contributed by atoms with van der Waals surface area (Å²) in [4.78, 5) is 2.50. The molecule has 0 spiro atoms. The molecular weight excluding hydrogens is 232 g/mol. The number of halogens is 1. The Bertz CT molecular complexity index is 392. The third-order valence-electron chi connectivity index (χ3n) is 3.57. The van der Waals surface area contributed by atoms with Crippen molar-refractivity contribution in [2.45, 2.75) is 39.3 Å². The van der Waals surface area contributed by atoms with Crippen LogP contribution in [0.1, 0.15) is 25.8 Å². The zero-order chi connectivity index (χ0) is 12.4. The lowest BCUT2D eigenvalue weighted by atomic mass is 10.0. The second kappa shape index (κ2) is 5.28. The molecule has 1 aliphatic heterocycles. The molecule has 17 heavy (non-hydrogen) atoms. The predicted molar refractivity (Wildman–Crippen MR) is 75.1 cm³/mol. The maximum absolute atomic E-state index is 6.12. The van der Waals surface area contributed by atoms with Crippen LogP contribution in [0.2, 0.25) is 5.02 Å². The first-order valence-electron chi connectivity index (χ1n) is 6.38. The Morgan fingerprint density at radius 3 is 2.94 bits per heavy atom. The van der Waals surface area contributed by atoms with Gasteiger partial charge in [-0.25, -0.2) is 0 Å². The molecule has 1 aliphatic rings. The second-order valence-electron chi connectivity index (χ2n) is 4.95. The van der Waals surface area contributed by atoms with Crippen molar-refractivity contribution in [2.75, 3.05) is 18.0 Å². The first-order chi connectivity index (χ1) is 8.11. The van der Waals surface area contributed by atoms with E-state index in [1.54, 1.807) is 0 Å². The fourth-order valence-corrected chi connectivity index (χ4v) is 2.67. The standard InChI is InChI=1S/C14H21ClN2/c1-4-13-8-16-11(3)9-17(13)14-7-12(15)6-5-10(14)2/h5-7,11,13,16H,4,8-9H2,1-3H3. The summed E-state index contributed by atoms with van der Waals surface area (Å²) in [5.41, 5.74) is 2.60. The van der Waals surface area contributed by atoms with Gasteiger partial charge >= 0.3 is 0 Å². The Kier molecular flexibility index (Phi) is 3.95. The molecule has 3 heteroatoms. The number of nitrogens with zero attached hydrogens (tertiary/aromatic N) is 1. The molecule has 1 heterocycles. The van der Waals surface area contributed by atoms with Crippen LogP contribution in [0.5, 0.6) is 0 Å². The Hall–Kier alpha value is -0.730. The van der Waals surface area contributed by atoms with Crippen LogP contribution in [0.25, 0.3) is 0 Å². The molecule has 2 atom stereocenters. The van der Waals surface area contributed by atoms with Gasteiger partial charge in [0.05, 0.1) is 0 Å². The van der Waals surface area contributed by atoms with E-state index in [0.717, 1.165) is 24.5 Å². The molecule has 0 bridgehead atoms. The molecule has 1 fully saturated rings. The fraction of sp³-hybridized carbons (Fsp3) is 0.571. The van der Waals surface area contributed by atoms with Crippen molar-refractivity contribution in [2.24, 2.45) is 0 Å². The first-order valence-corrected chi connectivity index (χ1v) is 6.75. The Labute approximate surface area is 109 Å². The summed E-state index contributed by atoms with van der Waals surface area (Å²) < 4.78 is 0. The van der Waals surface area contributed by atoms with Crippen LogP contribution >= 0.6 is 11.6 Å². The zero-order valence-electron chi connectivity index (χ0n) is 10.8. The minimum Gasteiger partial charge on any atom is -0.365 e. The van der Waals surface area contributed by atoms with Crippen molar-refractivity contribution in [1.29, 1.82) is 0 Å². The topological polar surface area (TPSA) is 15.3 Å². The van der Waals surface area contributed by atoms with Gasteiger partial charge in [0, 0.05) is 35.9 Å². The summed E-state index contributed by atoms with van der Waals surface area (Å²) in [5.74, 6) is 0. The normalized spacial score (nSPS) is 25.1. The summed E-state index contributed by atoms with van der Waals surface area (Å²) >= 11 is 6.12. The largest absolute Gasteiger partial charge is 0.365 e. The first kappa shape index (κ1) is 12.7. The highest BCUT2D eigenvalue weighted by molar-refractivity contribution is 6.30. The molecule has 1 aromatic rings. The molecule has 2 unspecified atom stereocenters. The quantitative estimate of drug-likeness (QED) is 0.870. The lowest BCUT2D eigenvalue weighted by molar-refractivity contribution is 0.402. The molecule has 0 radical (unpaired) electrons. The van der Waals surface area contributed by atoms with E-state index in [9.17, 15) is 0 Å². The maximum Gasteiger partial charge on any atom is 0.0426 e. The molecule has 2 rings (SSSR count). The van der Waals surface area contributed by atoms with Gasteiger partial charge in [0.25, 0.3) is 0 Å². The molecule has 0 aliphatic carbocycles. The van der Waals surface area contributed by atoms with E-state index >= 15 is 0 Å². The Balaban J connectivity index is 2.31. The SMILES string of the molecule is CCC1CNC(C)CN1c1cc(Cl)ccc1C. The van der Waals surface area contributed by atoms with Crippen molar-refractivity contribution in [1.82, 2.24) is 5.32 Å². The van der Waals surface area contributed by atoms with Gasteiger partial charge in [0.1, 0.15) is 0 Å². The van der Waals surface area contributed by atoms with E-state index < -0.39 is 0 Å². The van der Waals surface area contributed by atoms with Gasteiger partial charge in [0.15, 0.2) is 0 Å². The number of hydrogen-bond donors (Lipinski definition) is 1. The minimum atomic E-state index is 0.538. The third-order valence-corrected chi connectivity index (χ3v) is 3.80. The van der Waals surface area contributed by atoms with Gasteiger partial charge in [-0.05, 0) is 38.0 Å². The third kappa shape index (κ3) is 2.75. The number of aryl methyl sites for hydroxylation is 1. The van der Waals surface area contributed by atoms with Gasteiger partial charge in [-0.15, -0.1) is 0 Å². The molecule has 2 nitrogen and oxygen atoms in total. The lowest BCUT2D eigenvalue weighted by Gasteiger charge is -2.41. The maximum atomic E-state index is 6.12. The summed E-state index contributed by atoms with van der Waals surface area (Å²) in [7, 11) is 0. The van der Waals surface area contributed by atoms with Crippen LogP contribution in [-0.4, -0.2) is 25.2 Å². The smallest absolute Gasteiger partial charge is 0.0426 e. The lowest BCUT2D eigenvalue weighted by Crippen LogP contribution is -2.55. The number of hydrogen-bond acceptors (Lipinski definition) is 2. The van der Waals surface area contributed by atoms with Crippen LogP contribution in [-0.2, 0) is 0 Å². The molecule has 0 amide bonds. The molecule has 0 aromatic heterocycles. The summed E-state index contributed by atoms with van der Waals surface area (Å²) in [5, 5.41) is 4.37. The highest BCUT2D eigenvalue weighted by Gasteiger charge is 2.25. The molecule has 1 saturated heterocycles. The monoisotopic (exact) mass is 252 g/mol. The van der Waals surface area contributed by atoms with E-state index in [2.05, 4.69) is 43.1 Å². The average Bonchev–Trinajstić information content (AvgIpc) is 2.32. The van der Waals surface area contributed by atoms with Gasteiger partial charge in [0.2, 0.25) is 0 Å². The van der Waals surface area contributed by atoms with E-state index in [1.807, 2.05) is 6.07 Å². The summed E-state index contributed by atoms with van der Waals surface area (Å²) in [6, 6.07) is 7.28. The van der Waals surface area contributed by atoms with Crippen molar-refractivity contribution >= 4 is 17.3 Å². The van der Waals surface area contributed by atoms with Crippen LogP contribution < -0.4 is 10.2 Å². The van der Waals surface area contributed by atoms with Crippen molar-refractivity contribution in [3.05, 3.63) is 28.8 Å². The predicted octanol–water partition coefficient (Wildman–Crippen LogP) is 3.23. The Morgan fingerprint density at radius 1 is 1.47 bits per heavy atom. The molecule has 94 valence electrons. The van der Waals surface area contributed by atoms with Crippen molar-refractivity contribution < 1.29 is 0 Å². The number of nitrogens with one attached hydrogen (secondary N) is 1. The fourth-order valence-electron chi connectivity index (χ4n) is 2.51. The number of benzene rings is 1. The van der Waals surface area contributed by atoms with Gasteiger partial charge in [-0.1, -0.05) is 24.6 Å². The minimum absolute atomic E-state index is 0.538. The van der Waals surface area contributed by atoms with Crippen LogP contribution in [0, 0.1) is 6.92 Å². The number of piperazine rings is 1. The summed E-state index contributed by atoms with van der Waals surface area (Å²) in [6.07, 6.45) is 1.16. The zero-order valence-corrected chi connectivity index (χ0v) is 11.6. The number of anilines is 1. The van der Waals surface area contributed by atoms with Gasteiger partial charge < -0.3 is 10.2 Å². The molecule has 0 saturated carbocycles. The van der Waals surface area contributed by atoms with E-state index in [4.69, 9.17) is 11.6 Å². The highest BCUT2D eigenvalue weighted by Crippen LogP contribution is 2.28. The summed E-state index contributed by atoms with van der Waals surface area (Å²) in [6.45, 7) is 8.75. The molecule has 1 N–H and O–H groups in total. The van der Waals surface area contributed by atoms with E-state index in [-0.39, 0.29) is 0 Å². The van der Waals surface area contributed by atoms with E-state index in [1.165, 1.54) is 11.3 Å². The molecular formula is C14H21ClN2. The van der Waals surface area contributed by atoms with Crippen LogP contribution in [0.4, 0.5) is 5.69 Å². The van der Waals surface area contributed by atoms with Gasteiger partial charge in [-0.3, -0.25) is 0 Å². The van der Waals surface area contributed by atoms with Crippen molar-refractivity contribution in [3.8, 4) is 0 Å². The number of rotatable bonds is 2. The molecule has 1 aromatic carbocycles. The second-order valence-corrected chi connectivity index (χ2v) is 5.39. The van der Waals surface area contributed by atoms with Gasteiger partial charge in [-0.2, -0.15) is 0 Å².